The number of nitrogens with one attached hydrogen (secondary N) is 1. The number of aromatic nitrogens is 1. The Morgan fingerprint density at radius 2 is 1.90 bits per heavy atom. The number of hydrogen-bond donors (Lipinski definition) is 1. The van der Waals surface area contributed by atoms with Gasteiger partial charge in [-0.25, -0.2) is 0 Å². The molecule has 2 aliphatic heterocycles. The van der Waals surface area contributed by atoms with Gasteiger partial charge in [0.05, 0.1) is 12.6 Å². The van der Waals surface area contributed by atoms with Crippen molar-refractivity contribution < 1.29 is 9.59 Å². The molecule has 0 spiro atoms. The van der Waals surface area contributed by atoms with E-state index in [4.69, 9.17) is 0 Å². The van der Waals surface area contributed by atoms with Crippen LogP contribution in [0.1, 0.15) is 33.1 Å². The van der Waals surface area contributed by atoms with E-state index in [2.05, 4.69) is 39.0 Å². The van der Waals surface area contributed by atoms with Crippen LogP contribution in [0.15, 0.2) is 48.5 Å². The molecule has 2 aromatic carbocycles. The van der Waals surface area contributed by atoms with Gasteiger partial charge in [0.15, 0.2) is 0 Å². The lowest BCUT2D eigenvalue weighted by molar-refractivity contribution is -0.139. The molecule has 29 heavy (non-hydrogen) atoms. The Kier molecular flexibility index (Phi) is 4.17. The topological polar surface area (TPSA) is 57.6 Å². The van der Waals surface area contributed by atoms with E-state index in [1.54, 1.807) is 7.05 Å². The molecule has 0 aliphatic carbocycles. The fourth-order valence-electron chi connectivity index (χ4n) is 4.78. The summed E-state index contributed by atoms with van der Waals surface area (Å²) in [5.41, 5.74) is 5.38. The van der Waals surface area contributed by atoms with Crippen molar-refractivity contribution in [1.82, 2.24) is 19.7 Å². The lowest BCUT2D eigenvalue weighted by Crippen LogP contribution is -2.52. The van der Waals surface area contributed by atoms with Crippen LogP contribution in [-0.4, -0.2) is 53.5 Å². The summed E-state index contributed by atoms with van der Waals surface area (Å²) in [4.78, 5) is 28.9. The van der Waals surface area contributed by atoms with Crippen molar-refractivity contribution in [2.45, 2.75) is 19.0 Å². The molecule has 5 rings (SSSR count). The fourth-order valence-corrected chi connectivity index (χ4v) is 4.78. The van der Waals surface area contributed by atoms with Crippen molar-refractivity contribution >= 4 is 22.7 Å². The van der Waals surface area contributed by atoms with Gasteiger partial charge in [-0.2, -0.15) is 0 Å². The second-order valence-electron chi connectivity index (χ2n) is 7.98. The Morgan fingerprint density at radius 3 is 2.66 bits per heavy atom. The van der Waals surface area contributed by atoms with Crippen LogP contribution in [0.3, 0.4) is 0 Å². The number of carbonyl (C=O) groups excluding carboxylic acids is 2. The number of likely N-dealkylation sites (N-methyl/N-ethyl adjacent to an activating group) is 1. The van der Waals surface area contributed by atoms with Gasteiger partial charge < -0.3 is 14.8 Å². The molecule has 2 amide bonds. The Hall–Kier alpha value is -3.12. The third kappa shape index (κ3) is 2.83. The molecule has 1 N–H and O–H groups in total. The zero-order chi connectivity index (χ0) is 20.1. The summed E-state index contributed by atoms with van der Waals surface area (Å²) < 4.78 is 2.34. The first-order chi connectivity index (χ1) is 14.1. The first-order valence-electron chi connectivity index (χ1n) is 9.95. The predicted molar refractivity (Wildman–Crippen MR) is 112 cm³/mol. The van der Waals surface area contributed by atoms with Gasteiger partial charge in [-0.05, 0) is 29.3 Å². The van der Waals surface area contributed by atoms with E-state index in [1.165, 1.54) is 16.6 Å². The number of rotatable bonds is 3. The van der Waals surface area contributed by atoms with Crippen LogP contribution in [0.5, 0.6) is 0 Å². The molecule has 2 atom stereocenters. The second-order valence-corrected chi connectivity index (χ2v) is 7.98. The Balaban J connectivity index is 1.60. The minimum absolute atomic E-state index is 0.0800. The van der Waals surface area contributed by atoms with Crippen molar-refractivity contribution in [2.24, 2.45) is 0 Å². The number of carbonyl (C=O) groups is 2. The van der Waals surface area contributed by atoms with Gasteiger partial charge in [-0.15, -0.1) is 0 Å². The van der Waals surface area contributed by atoms with Crippen LogP contribution in [0.2, 0.25) is 0 Å². The molecule has 1 fully saturated rings. The second kappa shape index (κ2) is 6.74. The minimum atomic E-state index is -0.0979. The Morgan fingerprint density at radius 1 is 1.14 bits per heavy atom. The van der Waals surface area contributed by atoms with Crippen LogP contribution in [0.25, 0.3) is 10.9 Å². The number of para-hydroxylation sites is 1. The van der Waals surface area contributed by atoms with E-state index < -0.39 is 0 Å². The van der Waals surface area contributed by atoms with Crippen molar-refractivity contribution in [3.63, 3.8) is 0 Å². The maximum absolute atomic E-state index is 12.9. The summed E-state index contributed by atoms with van der Waals surface area (Å²) in [5.74, 6) is 0.0305. The monoisotopic (exact) mass is 388 g/mol. The fraction of sp³-hybridized carbons (Fsp3) is 0.304. The molecule has 6 nitrogen and oxygen atoms in total. The lowest BCUT2D eigenvalue weighted by Gasteiger charge is -2.42. The maximum Gasteiger partial charge on any atom is 0.251 e. The molecule has 3 aromatic rings. The SMILES string of the molecule is CNC(=O)c1ccc(Cn2c3c(c4ccccc42)C2CN(C3)CN(C)C2=O)cc1. The molecule has 2 bridgehead atoms. The molecule has 1 aromatic heterocycles. The van der Waals surface area contributed by atoms with Crippen LogP contribution in [-0.2, 0) is 17.9 Å². The molecule has 148 valence electrons. The summed E-state index contributed by atoms with van der Waals surface area (Å²) in [6.45, 7) is 3.03. The highest BCUT2D eigenvalue weighted by Crippen LogP contribution is 2.40. The van der Waals surface area contributed by atoms with Gasteiger partial charge in [0, 0.05) is 55.9 Å². The van der Waals surface area contributed by atoms with Gasteiger partial charge in [0.1, 0.15) is 0 Å². The quantitative estimate of drug-likeness (QED) is 0.750. The molecule has 1 saturated heterocycles. The van der Waals surface area contributed by atoms with Crippen molar-refractivity contribution in [1.29, 1.82) is 0 Å². The van der Waals surface area contributed by atoms with E-state index in [0.29, 0.717) is 18.8 Å². The van der Waals surface area contributed by atoms with Gasteiger partial charge in [-0.3, -0.25) is 14.5 Å². The molecule has 3 heterocycles. The number of benzene rings is 2. The predicted octanol–water partition coefficient (Wildman–Crippen LogP) is 2.38. The van der Waals surface area contributed by atoms with Gasteiger partial charge in [0.25, 0.3) is 5.91 Å². The van der Waals surface area contributed by atoms with E-state index in [9.17, 15) is 9.59 Å². The van der Waals surface area contributed by atoms with E-state index in [-0.39, 0.29) is 17.7 Å². The first-order valence-corrected chi connectivity index (χ1v) is 9.95. The highest BCUT2D eigenvalue weighted by atomic mass is 16.2. The third-order valence-corrected chi connectivity index (χ3v) is 6.15. The van der Waals surface area contributed by atoms with Crippen molar-refractivity contribution in [2.75, 3.05) is 27.3 Å². The molecular weight excluding hydrogens is 364 g/mol. The summed E-state index contributed by atoms with van der Waals surface area (Å²) in [6, 6.07) is 16.1. The molecular formula is C23H24N4O2. The van der Waals surface area contributed by atoms with Gasteiger partial charge in [-0.1, -0.05) is 30.3 Å². The van der Waals surface area contributed by atoms with Gasteiger partial charge >= 0.3 is 0 Å². The summed E-state index contributed by atoms with van der Waals surface area (Å²) in [5, 5.41) is 3.83. The number of nitrogens with zero attached hydrogens (tertiary/aromatic N) is 3. The maximum atomic E-state index is 12.9. The van der Waals surface area contributed by atoms with Crippen molar-refractivity contribution in [3.05, 3.63) is 70.9 Å². The average Bonchev–Trinajstić information content (AvgIpc) is 3.05. The highest BCUT2D eigenvalue weighted by Gasteiger charge is 2.40. The molecule has 2 unspecified atom stereocenters. The van der Waals surface area contributed by atoms with Crippen molar-refractivity contribution in [3.8, 4) is 0 Å². The first kappa shape index (κ1) is 17.9. The third-order valence-electron chi connectivity index (χ3n) is 6.15. The van der Waals surface area contributed by atoms with E-state index >= 15 is 0 Å². The van der Waals surface area contributed by atoms with E-state index in [0.717, 1.165) is 24.2 Å². The smallest absolute Gasteiger partial charge is 0.251 e. The summed E-state index contributed by atoms with van der Waals surface area (Å²) >= 11 is 0. The highest BCUT2D eigenvalue weighted by molar-refractivity contribution is 5.95. The van der Waals surface area contributed by atoms with Crippen LogP contribution >= 0.6 is 0 Å². The zero-order valence-corrected chi connectivity index (χ0v) is 16.7. The van der Waals surface area contributed by atoms with E-state index in [1.807, 2.05) is 36.2 Å². The summed E-state index contributed by atoms with van der Waals surface area (Å²) in [7, 11) is 3.53. The zero-order valence-electron chi connectivity index (χ0n) is 16.7. The standard InChI is InChI=1S/C23H24N4O2/c1-24-22(28)16-9-7-15(8-10-16)11-27-19-6-4-3-5-17(19)21-18-12-26(13-20(21)27)14-25(2)23(18)29/h3-10,18H,11-14H2,1-2H3,(H,24,28). The number of hydrogen-bond acceptors (Lipinski definition) is 3. The lowest BCUT2D eigenvalue weighted by atomic mass is 9.89. The molecule has 2 aliphatic rings. The minimum Gasteiger partial charge on any atom is -0.355 e. The normalized spacial score (nSPS) is 20.6. The number of fused-ring (bicyclic) bond motifs is 6. The number of amides is 2. The molecule has 6 heteroatoms. The van der Waals surface area contributed by atoms with Crippen LogP contribution in [0.4, 0.5) is 0 Å². The average molecular weight is 388 g/mol. The van der Waals surface area contributed by atoms with Crippen LogP contribution in [0, 0.1) is 0 Å². The summed E-state index contributed by atoms with van der Waals surface area (Å²) in [6.07, 6.45) is 0. The Labute approximate surface area is 169 Å². The van der Waals surface area contributed by atoms with Gasteiger partial charge in [0.2, 0.25) is 5.91 Å². The Bertz CT molecular complexity index is 1120. The largest absolute Gasteiger partial charge is 0.355 e. The molecule has 0 saturated carbocycles. The van der Waals surface area contributed by atoms with Crippen LogP contribution < -0.4 is 5.32 Å². The molecule has 0 radical (unpaired) electrons.